The second-order valence-corrected chi connectivity index (χ2v) is 9.71. The van der Waals surface area contributed by atoms with Gasteiger partial charge in [-0.15, -0.1) is 0 Å². The van der Waals surface area contributed by atoms with Crippen LogP contribution < -0.4 is 14.8 Å². The van der Waals surface area contributed by atoms with Crippen molar-refractivity contribution in [3.63, 3.8) is 0 Å². The van der Waals surface area contributed by atoms with Crippen LogP contribution in [0.15, 0.2) is 78.9 Å². The van der Waals surface area contributed by atoms with Gasteiger partial charge in [-0.1, -0.05) is 54.6 Å². The second kappa shape index (κ2) is 10.7. The quantitative estimate of drug-likeness (QED) is 0.438. The number of nitrogens with zero attached hydrogens (tertiary/aromatic N) is 1. The Kier molecular flexibility index (Phi) is 7.48. The van der Waals surface area contributed by atoms with Gasteiger partial charge in [0, 0.05) is 13.1 Å². The summed E-state index contributed by atoms with van der Waals surface area (Å²) in [4.78, 5) is 26.9. The first-order valence-corrected chi connectivity index (χ1v) is 11.9. The van der Waals surface area contributed by atoms with Crippen molar-refractivity contribution in [2.45, 2.75) is 51.6 Å². The van der Waals surface area contributed by atoms with Crippen LogP contribution in [0.25, 0.3) is 0 Å². The number of nitrogens with one attached hydrogen (secondary N) is 1. The van der Waals surface area contributed by atoms with E-state index in [0.717, 1.165) is 22.4 Å². The van der Waals surface area contributed by atoms with Crippen LogP contribution in [-0.2, 0) is 22.6 Å². The molecule has 0 aliphatic carbocycles. The van der Waals surface area contributed by atoms with E-state index in [-0.39, 0.29) is 11.9 Å². The standard InChI is InChI=1S/C29H32N2O5/c1-29(2,3)36-28(33)30-18-20-10-12-21(13-11-20)19-31-25(22-14-16-23(34-4)17-15-22)26(27(31)32)35-24-8-6-5-7-9-24/h5-17,25-26H,18-19H2,1-4H3,(H,30,33)/t25-,26+/m0/s1. The molecule has 1 aliphatic rings. The molecule has 7 nitrogen and oxygen atoms in total. The molecular weight excluding hydrogens is 456 g/mol. The fraction of sp³-hybridized carbons (Fsp3) is 0.310. The normalized spacial score (nSPS) is 17.2. The number of carbonyl (C=O) groups is 2. The van der Waals surface area contributed by atoms with E-state index < -0.39 is 17.8 Å². The predicted octanol–water partition coefficient (Wildman–Crippen LogP) is 5.25. The Labute approximate surface area is 212 Å². The number of hydrogen-bond acceptors (Lipinski definition) is 5. The summed E-state index contributed by atoms with van der Waals surface area (Å²) in [6.07, 6.45) is -1.05. The summed E-state index contributed by atoms with van der Waals surface area (Å²) in [5.41, 5.74) is 2.37. The average molecular weight is 489 g/mol. The van der Waals surface area contributed by atoms with Crippen molar-refractivity contribution in [2.24, 2.45) is 0 Å². The highest BCUT2D eigenvalue weighted by Crippen LogP contribution is 2.39. The number of ether oxygens (including phenoxy) is 3. The molecule has 7 heteroatoms. The van der Waals surface area contributed by atoms with E-state index >= 15 is 0 Å². The lowest BCUT2D eigenvalue weighted by Crippen LogP contribution is -2.60. The zero-order valence-corrected chi connectivity index (χ0v) is 21.1. The minimum absolute atomic E-state index is 0.0599. The lowest BCUT2D eigenvalue weighted by molar-refractivity contribution is -0.165. The summed E-state index contributed by atoms with van der Waals surface area (Å²) >= 11 is 0. The zero-order chi connectivity index (χ0) is 25.7. The zero-order valence-electron chi connectivity index (χ0n) is 21.1. The van der Waals surface area contributed by atoms with Gasteiger partial charge >= 0.3 is 6.09 Å². The average Bonchev–Trinajstić information content (AvgIpc) is 2.87. The van der Waals surface area contributed by atoms with Gasteiger partial charge in [0.2, 0.25) is 6.10 Å². The molecule has 0 aromatic heterocycles. The van der Waals surface area contributed by atoms with Crippen LogP contribution in [-0.4, -0.2) is 35.7 Å². The number of methoxy groups -OCH3 is 1. The van der Waals surface area contributed by atoms with Crippen molar-refractivity contribution in [3.8, 4) is 11.5 Å². The molecule has 0 bridgehead atoms. The molecule has 0 unspecified atom stereocenters. The largest absolute Gasteiger partial charge is 0.497 e. The first-order chi connectivity index (χ1) is 17.2. The SMILES string of the molecule is COc1ccc([C@H]2[C@@H](Oc3ccccc3)C(=O)N2Cc2ccc(CNC(=O)OC(C)(C)C)cc2)cc1. The summed E-state index contributed by atoms with van der Waals surface area (Å²) in [6, 6.07) is 24.7. The van der Waals surface area contributed by atoms with E-state index in [1.54, 1.807) is 7.11 Å². The summed E-state index contributed by atoms with van der Waals surface area (Å²) in [5.74, 6) is 1.36. The second-order valence-electron chi connectivity index (χ2n) is 9.71. The minimum atomic E-state index is -0.599. The predicted molar refractivity (Wildman–Crippen MR) is 137 cm³/mol. The number of alkyl carbamates (subject to hydrolysis) is 1. The maximum Gasteiger partial charge on any atom is 0.407 e. The molecule has 1 heterocycles. The molecule has 4 rings (SSSR count). The number of amides is 2. The number of para-hydroxylation sites is 1. The van der Waals surface area contributed by atoms with Crippen molar-refractivity contribution in [3.05, 3.63) is 95.6 Å². The summed E-state index contributed by atoms with van der Waals surface area (Å²) in [5, 5.41) is 2.76. The molecule has 2 atom stereocenters. The Morgan fingerprint density at radius 3 is 2.14 bits per heavy atom. The van der Waals surface area contributed by atoms with E-state index in [4.69, 9.17) is 14.2 Å². The lowest BCUT2D eigenvalue weighted by Gasteiger charge is -2.47. The molecule has 1 aliphatic heterocycles. The van der Waals surface area contributed by atoms with Gasteiger partial charge in [0.15, 0.2) is 0 Å². The van der Waals surface area contributed by atoms with E-state index in [2.05, 4.69) is 5.32 Å². The van der Waals surface area contributed by atoms with Crippen LogP contribution in [0.4, 0.5) is 4.79 Å². The summed E-state index contributed by atoms with van der Waals surface area (Å²) in [6.45, 7) is 6.29. The summed E-state index contributed by atoms with van der Waals surface area (Å²) in [7, 11) is 1.63. The van der Waals surface area contributed by atoms with Gasteiger partial charge in [0.25, 0.3) is 5.91 Å². The van der Waals surface area contributed by atoms with Gasteiger partial charge in [-0.05, 0) is 61.7 Å². The van der Waals surface area contributed by atoms with Crippen LogP contribution in [0.5, 0.6) is 11.5 Å². The fourth-order valence-corrected chi connectivity index (χ4v) is 4.06. The number of hydrogen-bond donors (Lipinski definition) is 1. The molecule has 188 valence electrons. The Hall–Kier alpha value is -4.00. The molecule has 0 radical (unpaired) electrons. The van der Waals surface area contributed by atoms with Gasteiger partial charge < -0.3 is 24.4 Å². The monoisotopic (exact) mass is 488 g/mol. The van der Waals surface area contributed by atoms with Crippen molar-refractivity contribution in [2.75, 3.05) is 7.11 Å². The topological polar surface area (TPSA) is 77.1 Å². The van der Waals surface area contributed by atoms with Crippen molar-refractivity contribution in [1.82, 2.24) is 10.2 Å². The number of benzene rings is 3. The van der Waals surface area contributed by atoms with E-state index in [0.29, 0.717) is 18.8 Å². The van der Waals surface area contributed by atoms with Crippen molar-refractivity contribution >= 4 is 12.0 Å². The third-order valence-electron chi connectivity index (χ3n) is 5.82. The van der Waals surface area contributed by atoms with Crippen LogP contribution in [0, 0.1) is 0 Å². The fourth-order valence-electron chi connectivity index (χ4n) is 4.06. The Morgan fingerprint density at radius 2 is 1.53 bits per heavy atom. The third kappa shape index (κ3) is 6.16. The maximum absolute atomic E-state index is 13.2. The molecular formula is C29H32N2O5. The Morgan fingerprint density at radius 1 is 0.889 bits per heavy atom. The van der Waals surface area contributed by atoms with Crippen LogP contribution in [0.1, 0.15) is 43.5 Å². The third-order valence-corrected chi connectivity index (χ3v) is 5.82. The molecule has 0 spiro atoms. The number of β-lactam (4-membered cyclic amide) rings is 1. The smallest absolute Gasteiger partial charge is 0.407 e. The number of likely N-dealkylation sites (tertiary alicyclic amines) is 1. The Bertz CT molecular complexity index is 1170. The van der Waals surface area contributed by atoms with Gasteiger partial charge in [-0.3, -0.25) is 4.79 Å². The molecule has 1 fully saturated rings. The van der Waals surface area contributed by atoms with Gasteiger partial charge in [-0.25, -0.2) is 4.79 Å². The van der Waals surface area contributed by atoms with Crippen molar-refractivity contribution < 1.29 is 23.8 Å². The van der Waals surface area contributed by atoms with E-state index in [9.17, 15) is 9.59 Å². The Balaban J connectivity index is 1.44. The molecule has 3 aromatic rings. The number of carbonyl (C=O) groups excluding carboxylic acids is 2. The van der Waals surface area contributed by atoms with Gasteiger partial charge in [0.05, 0.1) is 7.11 Å². The first kappa shape index (κ1) is 25.1. The van der Waals surface area contributed by atoms with Crippen LogP contribution in [0.2, 0.25) is 0 Å². The molecule has 3 aromatic carbocycles. The minimum Gasteiger partial charge on any atom is -0.497 e. The van der Waals surface area contributed by atoms with E-state index in [1.807, 2.05) is 105 Å². The maximum atomic E-state index is 13.2. The molecule has 1 N–H and O–H groups in total. The molecule has 2 amide bonds. The van der Waals surface area contributed by atoms with Crippen LogP contribution in [0.3, 0.4) is 0 Å². The summed E-state index contributed by atoms with van der Waals surface area (Å²) < 4.78 is 16.7. The molecule has 1 saturated heterocycles. The molecule has 36 heavy (non-hydrogen) atoms. The van der Waals surface area contributed by atoms with Crippen LogP contribution >= 0.6 is 0 Å². The highest BCUT2D eigenvalue weighted by atomic mass is 16.6. The van der Waals surface area contributed by atoms with Gasteiger partial charge in [0.1, 0.15) is 23.1 Å². The van der Waals surface area contributed by atoms with E-state index in [1.165, 1.54) is 0 Å². The highest BCUT2D eigenvalue weighted by molar-refractivity contribution is 5.89. The first-order valence-electron chi connectivity index (χ1n) is 11.9. The van der Waals surface area contributed by atoms with Crippen molar-refractivity contribution in [1.29, 1.82) is 0 Å². The van der Waals surface area contributed by atoms with Gasteiger partial charge in [-0.2, -0.15) is 0 Å². The highest BCUT2D eigenvalue weighted by Gasteiger charge is 2.50. The number of rotatable bonds is 8. The molecule has 0 saturated carbocycles. The lowest BCUT2D eigenvalue weighted by atomic mass is 9.89.